The van der Waals surface area contributed by atoms with E-state index in [9.17, 15) is 9.59 Å². The monoisotopic (exact) mass is 393 g/mol. The van der Waals surface area contributed by atoms with Crippen LogP contribution >= 0.6 is 0 Å². The van der Waals surface area contributed by atoms with Gasteiger partial charge in [0.15, 0.2) is 0 Å². The van der Waals surface area contributed by atoms with Gasteiger partial charge in [0.2, 0.25) is 5.91 Å². The van der Waals surface area contributed by atoms with Gasteiger partial charge in [0.05, 0.1) is 12.7 Å². The molecular formula is C23H27N3O3. The van der Waals surface area contributed by atoms with Gasteiger partial charge < -0.3 is 15.0 Å². The molecule has 1 spiro atoms. The number of ether oxygens (including phenoxy) is 1. The van der Waals surface area contributed by atoms with Gasteiger partial charge in [-0.2, -0.15) is 0 Å². The van der Waals surface area contributed by atoms with Crippen molar-refractivity contribution < 1.29 is 14.3 Å². The predicted octanol–water partition coefficient (Wildman–Crippen LogP) is 3.28. The molecule has 0 bridgehead atoms. The number of pyridine rings is 1. The molecule has 6 heteroatoms. The molecule has 1 aliphatic carbocycles. The maximum Gasteiger partial charge on any atom is 0.253 e. The number of carbonyl (C=O) groups excluding carboxylic acids is 2. The second kappa shape index (κ2) is 7.85. The van der Waals surface area contributed by atoms with Crippen LogP contribution in [0.2, 0.25) is 0 Å². The van der Waals surface area contributed by atoms with E-state index in [2.05, 4.69) is 10.3 Å². The third-order valence-corrected chi connectivity index (χ3v) is 6.19. The molecule has 1 aliphatic heterocycles. The quantitative estimate of drug-likeness (QED) is 0.846. The lowest BCUT2D eigenvalue weighted by atomic mass is 9.93. The topological polar surface area (TPSA) is 71.5 Å². The number of benzene rings is 1. The van der Waals surface area contributed by atoms with Crippen molar-refractivity contribution in [3.05, 3.63) is 48.2 Å². The van der Waals surface area contributed by atoms with Gasteiger partial charge in [0.25, 0.3) is 5.91 Å². The number of nitrogens with one attached hydrogen (secondary N) is 1. The molecule has 1 N–H and O–H groups in total. The van der Waals surface area contributed by atoms with Gasteiger partial charge in [0, 0.05) is 24.8 Å². The molecular weight excluding hydrogens is 366 g/mol. The number of aromatic nitrogens is 1. The number of likely N-dealkylation sites (tertiary alicyclic amines) is 1. The van der Waals surface area contributed by atoms with Crippen molar-refractivity contribution in [3.63, 3.8) is 0 Å². The minimum atomic E-state index is -0.574. The normalized spacial score (nSPS) is 18.2. The number of amides is 2. The van der Waals surface area contributed by atoms with E-state index in [0.717, 1.165) is 31.5 Å². The number of hydrogen-bond donors (Lipinski definition) is 1. The first-order valence-corrected chi connectivity index (χ1v) is 10.2. The number of methoxy groups -OCH3 is 1. The Labute approximate surface area is 171 Å². The van der Waals surface area contributed by atoms with E-state index in [1.165, 1.54) is 19.0 Å². The highest BCUT2D eigenvalue weighted by molar-refractivity contribution is 5.98. The Morgan fingerprint density at radius 2 is 1.83 bits per heavy atom. The molecule has 2 fully saturated rings. The second-order valence-electron chi connectivity index (χ2n) is 8.16. The van der Waals surface area contributed by atoms with Crippen LogP contribution in [0.25, 0.3) is 11.3 Å². The van der Waals surface area contributed by atoms with Gasteiger partial charge in [-0.3, -0.25) is 14.6 Å². The van der Waals surface area contributed by atoms with Crippen molar-refractivity contribution in [2.24, 2.45) is 5.41 Å². The van der Waals surface area contributed by atoms with Gasteiger partial charge in [-0.25, -0.2) is 0 Å². The average molecular weight is 393 g/mol. The summed E-state index contributed by atoms with van der Waals surface area (Å²) >= 11 is 0. The average Bonchev–Trinajstić information content (AvgIpc) is 3.52. The maximum absolute atomic E-state index is 12.7. The molecule has 152 valence electrons. The zero-order valence-corrected chi connectivity index (χ0v) is 17.0. The fourth-order valence-corrected chi connectivity index (χ4v) is 4.03. The SMILES string of the molecule is COc1cc(C(=O)N[C@H](C)C(=O)N2CCC3(CC2)CC3)cnc1-c1ccccc1. The van der Waals surface area contributed by atoms with Crippen LogP contribution in [0.5, 0.6) is 5.75 Å². The molecule has 2 aromatic rings. The zero-order valence-electron chi connectivity index (χ0n) is 17.0. The summed E-state index contributed by atoms with van der Waals surface area (Å²) < 4.78 is 5.45. The van der Waals surface area contributed by atoms with Crippen molar-refractivity contribution in [3.8, 4) is 17.0 Å². The minimum Gasteiger partial charge on any atom is -0.494 e. The Bertz CT molecular complexity index is 899. The molecule has 1 aromatic heterocycles. The number of hydrogen-bond acceptors (Lipinski definition) is 4. The summed E-state index contributed by atoms with van der Waals surface area (Å²) in [5.41, 5.74) is 2.48. The molecule has 2 heterocycles. The number of rotatable bonds is 5. The standard InChI is InChI=1S/C23H27N3O3/c1-16(22(28)26-12-10-23(8-9-23)11-13-26)25-21(27)18-14-19(29-2)20(24-15-18)17-6-4-3-5-7-17/h3-7,14-16H,8-13H2,1-2H3,(H,25,27)/t16-/m1/s1. The van der Waals surface area contributed by atoms with E-state index in [1.807, 2.05) is 35.2 Å². The van der Waals surface area contributed by atoms with Gasteiger partial charge in [-0.15, -0.1) is 0 Å². The highest BCUT2D eigenvalue weighted by atomic mass is 16.5. The summed E-state index contributed by atoms with van der Waals surface area (Å²) in [6.07, 6.45) is 6.29. The third kappa shape index (κ3) is 4.11. The Morgan fingerprint density at radius 3 is 2.45 bits per heavy atom. The first-order chi connectivity index (χ1) is 14.0. The molecule has 6 nitrogen and oxygen atoms in total. The maximum atomic E-state index is 12.7. The zero-order chi connectivity index (χ0) is 20.4. The van der Waals surface area contributed by atoms with Crippen molar-refractivity contribution >= 4 is 11.8 Å². The van der Waals surface area contributed by atoms with Crippen LogP contribution in [0.3, 0.4) is 0 Å². The lowest BCUT2D eigenvalue weighted by Crippen LogP contribution is -2.49. The van der Waals surface area contributed by atoms with E-state index >= 15 is 0 Å². The van der Waals surface area contributed by atoms with Crippen molar-refractivity contribution in [1.29, 1.82) is 0 Å². The van der Waals surface area contributed by atoms with E-state index in [0.29, 0.717) is 22.4 Å². The summed E-state index contributed by atoms with van der Waals surface area (Å²) in [4.78, 5) is 31.7. The fraction of sp³-hybridized carbons (Fsp3) is 0.435. The Balaban J connectivity index is 1.41. The smallest absolute Gasteiger partial charge is 0.253 e. The summed E-state index contributed by atoms with van der Waals surface area (Å²) in [7, 11) is 1.56. The van der Waals surface area contributed by atoms with E-state index in [-0.39, 0.29) is 11.8 Å². The van der Waals surface area contributed by atoms with Crippen LogP contribution in [-0.4, -0.2) is 47.9 Å². The van der Waals surface area contributed by atoms with Crippen molar-refractivity contribution in [2.75, 3.05) is 20.2 Å². The van der Waals surface area contributed by atoms with Gasteiger partial charge >= 0.3 is 0 Å². The van der Waals surface area contributed by atoms with Crippen LogP contribution in [0.15, 0.2) is 42.6 Å². The summed E-state index contributed by atoms with van der Waals surface area (Å²) in [6.45, 7) is 3.32. The van der Waals surface area contributed by atoms with Gasteiger partial charge in [0.1, 0.15) is 17.5 Å². The van der Waals surface area contributed by atoms with E-state index < -0.39 is 6.04 Å². The number of nitrogens with zero attached hydrogens (tertiary/aromatic N) is 2. The number of carbonyl (C=O) groups is 2. The predicted molar refractivity (Wildman–Crippen MR) is 111 cm³/mol. The molecule has 0 radical (unpaired) electrons. The molecule has 29 heavy (non-hydrogen) atoms. The Hall–Kier alpha value is -2.89. The Kier molecular flexibility index (Phi) is 5.26. The molecule has 2 aliphatic rings. The summed E-state index contributed by atoms with van der Waals surface area (Å²) in [5.74, 6) is 0.176. The van der Waals surface area contributed by atoms with Gasteiger partial charge in [-0.1, -0.05) is 30.3 Å². The highest BCUT2D eigenvalue weighted by Crippen LogP contribution is 2.53. The second-order valence-corrected chi connectivity index (χ2v) is 8.16. The largest absolute Gasteiger partial charge is 0.494 e. The van der Waals surface area contributed by atoms with E-state index in [1.54, 1.807) is 20.1 Å². The van der Waals surface area contributed by atoms with Crippen LogP contribution in [0.4, 0.5) is 0 Å². The van der Waals surface area contributed by atoms with E-state index in [4.69, 9.17) is 4.74 Å². The lowest BCUT2D eigenvalue weighted by molar-refractivity contribution is -0.134. The Morgan fingerprint density at radius 1 is 1.14 bits per heavy atom. The molecule has 1 atom stereocenters. The molecule has 1 saturated heterocycles. The fourth-order valence-electron chi connectivity index (χ4n) is 4.03. The molecule has 1 aromatic carbocycles. The first-order valence-electron chi connectivity index (χ1n) is 10.2. The van der Waals surface area contributed by atoms with Crippen LogP contribution in [-0.2, 0) is 4.79 Å². The van der Waals surface area contributed by atoms with Crippen molar-refractivity contribution in [2.45, 2.75) is 38.6 Å². The lowest BCUT2D eigenvalue weighted by Gasteiger charge is -2.33. The van der Waals surface area contributed by atoms with Crippen molar-refractivity contribution in [1.82, 2.24) is 15.2 Å². The molecule has 1 saturated carbocycles. The molecule has 2 amide bonds. The highest BCUT2D eigenvalue weighted by Gasteiger charge is 2.45. The molecule has 0 unspecified atom stereocenters. The number of piperidine rings is 1. The third-order valence-electron chi connectivity index (χ3n) is 6.19. The van der Waals surface area contributed by atoms with Crippen LogP contribution in [0.1, 0.15) is 43.0 Å². The summed E-state index contributed by atoms with van der Waals surface area (Å²) in [5, 5.41) is 2.81. The van der Waals surface area contributed by atoms with Crippen LogP contribution in [0, 0.1) is 5.41 Å². The first kappa shape index (κ1) is 19.4. The minimum absolute atomic E-state index is 0.0188. The molecule has 4 rings (SSSR count). The van der Waals surface area contributed by atoms with Crippen LogP contribution < -0.4 is 10.1 Å². The van der Waals surface area contributed by atoms with Gasteiger partial charge in [-0.05, 0) is 44.1 Å². The summed E-state index contributed by atoms with van der Waals surface area (Å²) in [6, 6.07) is 10.8.